The van der Waals surface area contributed by atoms with Crippen molar-refractivity contribution in [3.63, 3.8) is 0 Å². The minimum atomic E-state index is -4.49. The number of fused-ring (bicyclic) bond motifs is 1. The van der Waals surface area contributed by atoms with Gasteiger partial charge in [0, 0.05) is 19.7 Å². The quantitative estimate of drug-likeness (QED) is 0.112. The summed E-state index contributed by atoms with van der Waals surface area (Å²) >= 11 is 0. The zero-order valence-electron chi connectivity index (χ0n) is 22.7. The molecule has 1 aliphatic rings. The van der Waals surface area contributed by atoms with Crippen molar-refractivity contribution in [2.24, 2.45) is 0 Å². The second-order valence-corrected chi connectivity index (χ2v) is 11.7. The highest BCUT2D eigenvalue weighted by molar-refractivity contribution is 7.46. The van der Waals surface area contributed by atoms with Crippen molar-refractivity contribution in [3.8, 4) is 0 Å². The van der Waals surface area contributed by atoms with Crippen molar-refractivity contribution in [1.29, 1.82) is 0 Å². The highest BCUT2D eigenvalue weighted by atomic mass is 31.2. The van der Waals surface area contributed by atoms with Crippen LogP contribution in [0.15, 0.2) is 24.3 Å². The Bertz CT molecular complexity index is 700. The Morgan fingerprint density at radius 3 is 1.64 bits per heavy atom. The average Bonchev–Trinajstić information content (AvgIpc) is 3.28. The van der Waals surface area contributed by atoms with Gasteiger partial charge in [-0.3, -0.25) is 9.42 Å². The molecule has 1 aliphatic heterocycles. The topological polar surface area (TPSA) is 79.2 Å². The maximum atomic E-state index is 11.2. The smallest absolute Gasteiger partial charge is 0.380 e. The van der Waals surface area contributed by atoms with E-state index in [1.54, 1.807) is 0 Å². The largest absolute Gasteiger partial charge is 0.469 e. The van der Waals surface area contributed by atoms with Gasteiger partial charge in [-0.05, 0) is 17.5 Å². The molecule has 7 heteroatoms. The molecule has 0 radical (unpaired) electrons. The molecule has 0 fully saturated rings. The van der Waals surface area contributed by atoms with Gasteiger partial charge in [0.1, 0.15) is 0 Å². The minimum absolute atomic E-state index is 0.0305. The predicted octanol–water partition coefficient (Wildman–Crippen LogP) is 7.76. The maximum absolute atomic E-state index is 11.2. The molecular formula is C29H52NO5P. The van der Waals surface area contributed by atoms with Gasteiger partial charge in [0.05, 0.1) is 19.3 Å². The van der Waals surface area contributed by atoms with Crippen LogP contribution in [0.3, 0.4) is 0 Å². The van der Waals surface area contributed by atoms with Gasteiger partial charge in [0.25, 0.3) is 0 Å². The van der Waals surface area contributed by atoms with Gasteiger partial charge in [0.2, 0.25) is 0 Å². The number of hydrogen-bond donors (Lipinski definition) is 2. The Balaban J connectivity index is 1.45. The van der Waals surface area contributed by atoms with Gasteiger partial charge in [-0.15, -0.1) is 0 Å². The molecular weight excluding hydrogens is 473 g/mol. The van der Waals surface area contributed by atoms with Crippen LogP contribution in [0.1, 0.15) is 121 Å². The van der Waals surface area contributed by atoms with Crippen molar-refractivity contribution >= 4 is 7.82 Å². The first kappa shape index (κ1) is 31.5. The number of hydrogen-bond acceptors (Lipinski definition) is 4. The van der Waals surface area contributed by atoms with Crippen LogP contribution in [0.5, 0.6) is 0 Å². The van der Waals surface area contributed by atoms with Crippen molar-refractivity contribution in [2.75, 3.05) is 19.8 Å². The standard InChI is InChI=1S/C29H52NO5P/c1-2-3-4-5-6-7-8-9-10-11-12-13-14-15-16-19-22-34-25-29(26-35-36(31,32)33)30-23-27-20-17-18-21-28(27)24-30/h17-18,20-21,29H,2-16,19,22-26H2,1H3,(H2,31,32,33). The van der Waals surface area contributed by atoms with Crippen molar-refractivity contribution in [3.05, 3.63) is 35.4 Å². The summed E-state index contributed by atoms with van der Waals surface area (Å²) in [4.78, 5) is 20.5. The third-order valence-electron chi connectivity index (χ3n) is 7.27. The molecule has 1 atom stereocenters. The van der Waals surface area contributed by atoms with E-state index in [-0.39, 0.29) is 12.6 Å². The van der Waals surface area contributed by atoms with E-state index in [0.717, 1.165) is 19.5 Å². The third-order valence-corrected chi connectivity index (χ3v) is 7.75. The van der Waals surface area contributed by atoms with Crippen LogP contribution >= 0.6 is 7.82 Å². The second kappa shape index (κ2) is 19.3. The number of phosphoric ester groups is 1. The fourth-order valence-corrected chi connectivity index (χ4v) is 5.40. The molecule has 0 spiro atoms. The van der Waals surface area contributed by atoms with Crippen LogP contribution in [0.2, 0.25) is 0 Å². The van der Waals surface area contributed by atoms with Gasteiger partial charge in [0.15, 0.2) is 0 Å². The molecule has 1 aromatic rings. The summed E-state index contributed by atoms with van der Waals surface area (Å²) in [5, 5.41) is 0. The van der Waals surface area contributed by atoms with Crippen LogP contribution < -0.4 is 0 Å². The molecule has 208 valence electrons. The summed E-state index contributed by atoms with van der Waals surface area (Å²) in [6.07, 6.45) is 21.5. The summed E-state index contributed by atoms with van der Waals surface area (Å²) in [6.45, 7) is 4.87. The first-order valence-corrected chi connectivity index (χ1v) is 16.1. The second-order valence-electron chi connectivity index (χ2n) is 10.5. The molecule has 0 saturated heterocycles. The molecule has 2 N–H and O–H groups in total. The lowest BCUT2D eigenvalue weighted by Crippen LogP contribution is -2.38. The summed E-state index contributed by atoms with van der Waals surface area (Å²) in [5.74, 6) is 0. The highest BCUT2D eigenvalue weighted by Gasteiger charge is 2.28. The molecule has 6 nitrogen and oxygen atoms in total. The van der Waals surface area contributed by atoms with Crippen LogP contribution in [0.25, 0.3) is 0 Å². The Kier molecular flexibility index (Phi) is 16.9. The Labute approximate surface area is 220 Å². The van der Waals surface area contributed by atoms with Crippen LogP contribution in [-0.4, -0.2) is 40.5 Å². The summed E-state index contributed by atoms with van der Waals surface area (Å²) in [5.41, 5.74) is 2.52. The molecule has 0 amide bonds. The Morgan fingerprint density at radius 1 is 0.750 bits per heavy atom. The number of phosphoric acid groups is 1. The van der Waals surface area contributed by atoms with Crippen molar-refractivity contribution in [1.82, 2.24) is 4.90 Å². The molecule has 1 aromatic carbocycles. The minimum Gasteiger partial charge on any atom is -0.380 e. The number of nitrogens with zero attached hydrogens (tertiary/aromatic N) is 1. The van der Waals surface area contributed by atoms with E-state index < -0.39 is 7.82 Å². The van der Waals surface area contributed by atoms with Gasteiger partial charge >= 0.3 is 7.82 Å². The lowest BCUT2D eigenvalue weighted by molar-refractivity contribution is 0.0266. The summed E-state index contributed by atoms with van der Waals surface area (Å²) in [6, 6.07) is 8.08. The van der Waals surface area contributed by atoms with E-state index in [0.29, 0.717) is 13.2 Å². The SMILES string of the molecule is CCCCCCCCCCCCCCCCCCOCC(COP(=O)(O)O)N1Cc2ccccc2C1. The first-order valence-electron chi connectivity index (χ1n) is 14.6. The monoisotopic (exact) mass is 525 g/mol. The number of benzene rings is 1. The van der Waals surface area contributed by atoms with E-state index in [1.807, 2.05) is 12.1 Å². The molecule has 0 saturated carbocycles. The average molecular weight is 526 g/mol. The van der Waals surface area contributed by atoms with Gasteiger partial charge < -0.3 is 14.5 Å². The fourth-order valence-electron chi connectivity index (χ4n) is 5.03. The zero-order valence-corrected chi connectivity index (χ0v) is 23.6. The zero-order chi connectivity index (χ0) is 25.9. The van der Waals surface area contributed by atoms with Crippen LogP contribution in [0.4, 0.5) is 0 Å². The molecule has 0 aromatic heterocycles. The van der Waals surface area contributed by atoms with Crippen molar-refractivity contribution in [2.45, 2.75) is 129 Å². The Hall–Kier alpha value is -0.750. The Morgan fingerprint density at radius 2 is 1.19 bits per heavy atom. The number of ether oxygens (including phenoxy) is 1. The fraction of sp³-hybridized carbons (Fsp3) is 0.793. The van der Waals surface area contributed by atoms with E-state index in [9.17, 15) is 4.57 Å². The van der Waals surface area contributed by atoms with E-state index in [4.69, 9.17) is 19.0 Å². The lowest BCUT2D eigenvalue weighted by Gasteiger charge is -2.27. The van der Waals surface area contributed by atoms with Crippen LogP contribution in [-0.2, 0) is 26.9 Å². The summed E-state index contributed by atoms with van der Waals surface area (Å²) < 4.78 is 22.0. The van der Waals surface area contributed by atoms with Crippen LogP contribution in [0, 0.1) is 0 Å². The molecule has 0 aliphatic carbocycles. The van der Waals surface area contributed by atoms with Gasteiger partial charge in [-0.25, -0.2) is 4.57 Å². The number of rotatable bonds is 23. The first-order chi connectivity index (χ1) is 17.5. The maximum Gasteiger partial charge on any atom is 0.469 e. The summed E-state index contributed by atoms with van der Waals surface area (Å²) in [7, 11) is -4.49. The van der Waals surface area contributed by atoms with Gasteiger partial charge in [-0.2, -0.15) is 0 Å². The number of unbranched alkanes of at least 4 members (excludes halogenated alkanes) is 15. The normalized spacial score (nSPS) is 14.9. The van der Waals surface area contributed by atoms with E-state index >= 15 is 0 Å². The lowest BCUT2D eigenvalue weighted by atomic mass is 10.0. The molecule has 36 heavy (non-hydrogen) atoms. The van der Waals surface area contributed by atoms with Gasteiger partial charge in [-0.1, -0.05) is 128 Å². The van der Waals surface area contributed by atoms with E-state index in [1.165, 1.54) is 107 Å². The van der Waals surface area contributed by atoms with E-state index in [2.05, 4.69) is 24.0 Å². The molecule has 1 unspecified atom stereocenters. The van der Waals surface area contributed by atoms with Crippen molar-refractivity contribution < 1.29 is 23.6 Å². The molecule has 1 heterocycles. The molecule has 0 bridgehead atoms. The highest BCUT2D eigenvalue weighted by Crippen LogP contribution is 2.36. The molecule has 2 rings (SSSR count). The third kappa shape index (κ3) is 14.9. The predicted molar refractivity (Wildman–Crippen MR) is 148 cm³/mol.